The zero-order valence-corrected chi connectivity index (χ0v) is 9.24. The summed E-state index contributed by atoms with van der Waals surface area (Å²) in [4.78, 5) is 0. The fourth-order valence-electron chi connectivity index (χ4n) is 1.31. The Kier molecular flexibility index (Phi) is 3.64. The molecule has 1 fully saturated rings. The maximum atomic E-state index is 5.95. The molecule has 5 heteroatoms. The van der Waals surface area contributed by atoms with E-state index >= 15 is 0 Å². The number of nitrogens with one attached hydrogen (secondary N) is 1. The highest BCUT2D eigenvalue weighted by Gasteiger charge is 2.14. The highest BCUT2D eigenvalue weighted by atomic mass is 35.5. The van der Waals surface area contributed by atoms with Crippen molar-refractivity contribution < 1.29 is 9.47 Å². The molecule has 0 aliphatic carbocycles. The Morgan fingerprint density at radius 1 is 1.64 bits per heavy atom. The van der Waals surface area contributed by atoms with E-state index in [1.165, 1.54) is 11.3 Å². The molecule has 0 spiro atoms. The van der Waals surface area contributed by atoms with Gasteiger partial charge >= 0.3 is 0 Å². The van der Waals surface area contributed by atoms with Crippen LogP contribution >= 0.6 is 22.9 Å². The molecule has 0 radical (unpaired) electrons. The summed E-state index contributed by atoms with van der Waals surface area (Å²) in [6.07, 6.45) is 1.18. The van der Waals surface area contributed by atoms with Crippen LogP contribution in [0.4, 0.5) is 5.69 Å². The van der Waals surface area contributed by atoms with Crippen LogP contribution in [0.5, 0.6) is 0 Å². The van der Waals surface area contributed by atoms with Crippen molar-refractivity contribution in [2.75, 3.05) is 25.3 Å². The first kappa shape index (κ1) is 10.2. The number of hydrogen-bond donors (Lipinski definition) is 1. The topological polar surface area (TPSA) is 30.5 Å². The maximum Gasteiger partial charge on any atom is 0.147 e. The lowest BCUT2D eigenvalue weighted by molar-refractivity contribution is -0.133. The van der Waals surface area contributed by atoms with Gasteiger partial charge in [0.15, 0.2) is 0 Å². The Morgan fingerprint density at radius 2 is 2.57 bits per heavy atom. The van der Waals surface area contributed by atoms with Crippen LogP contribution in [0.3, 0.4) is 0 Å². The molecule has 1 aromatic rings. The first-order chi connectivity index (χ1) is 6.86. The Hall–Kier alpha value is -0.290. The molecular weight excluding hydrogens is 222 g/mol. The van der Waals surface area contributed by atoms with Crippen molar-refractivity contribution in [1.29, 1.82) is 0 Å². The molecule has 0 bridgehead atoms. The number of thiophene rings is 1. The minimum absolute atomic E-state index is 0.236. The van der Waals surface area contributed by atoms with Gasteiger partial charge in [-0.2, -0.15) is 0 Å². The molecule has 2 rings (SSSR count). The third kappa shape index (κ3) is 2.60. The standard InChI is InChI=1S/C9H12ClNO2S/c10-9-8(2-4-14-9)11-5-7-1-3-12-6-13-7/h2,4,7,11H,1,3,5-6H2. The van der Waals surface area contributed by atoms with Crippen molar-refractivity contribution in [3.05, 3.63) is 15.8 Å². The van der Waals surface area contributed by atoms with Gasteiger partial charge in [0.2, 0.25) is 0 Å². The Balaban J connectivity index is 1.79. The molecule has 1 N–H and O–H groups in total. The van der Waals surface area contributed by atoms with Gasteiger partial charge in [-0.3, -0.25) is 0 Å². The summed E-state index contributed by atoms with van der Waals surface area (Å²) in [5.74, 6) is 0. The molecule has 1 aliphatic rings. The van der Waals surface area contributed by atoms with Gasteiger partial charge in [-0.15, -0.1) is 11.3 Å². The van der Waals surface area contributed by atoms with E-state index in [2.05, 4.69) is 5.32 Å². The molecular formula is C9H12ClNO2S. The quantitative estimate of drug-likeness (QED) is 0.871. The van der Waals surface area contributed by atoms with Crippen molar-refractivity contribution in [2.24, 2.45) is 0 Å². The lowest BCUT2D eigenvalue weighted by Crippen LogP contribution is -2.30. The normalized spacial score (nSPS) is 22.2. The summed E-state index contributed by atoms with van der Waals surface area (Å²) in [7, 11) is 0. The summed E-state index contributed by atoms with van der Waals surface area (Å²) < 4.78 is 11.3. The van der Waals surface area contributed by atoms with Crippen LogP contribution in [0.15, 0.2) is 11.4 Å². The second-order valence-corrected chi connectivity index (χ2v) is 4.61. The predicted molar refractivity (Wildman–Crippen MR) is 58.1 cm³/mol. The average molecular weight is 234 g/mol. The van der Waals surface area contributed by atoms with Gasteiger partial charge in [-0.05, 0) is 17.9 Å². The Bertz CT molecular complexity index is 286. The highest BCUT2D eigenvalue weighted by molar-refractivity contribution is 7.15. The SMILES string of the molecule is Clc1sccc1NCC1CCOCO1. The number of anilines is 1. The molecule has 2 heterocycles. The lowest BCUT2D eigenvalue weighted by Gasteiger charge is -2.23. The van der Waals surface area contributed by atoms with Gasteiger partial charge < -0.3 is 14.8 Å². The lowest BCUT2D eigenvalue weighted by atomic mass is 10.2. The minimum atomic E-state index is 0.236. The third-order valence-electron chi connectivity index (χ3n) is 2.11. The van der Waals surface area contributed by atoms with E-state index < -0.39 is 0 Å². The van der Waals surface area contributed by atoms with Gasteiger partial charge in [-0.25, -0.2) is 0 Å². The van der Waals surface area contributed by atoms with E-state index in [0.717, 1.165) is 29.6 Å². The van der Waals surface area contributed by atoms with Crippen molar-refractivity contribution in [3.63, 3.8) is 0 Å². The molecule has 1 saturated heterocycles. The summed E-state index contributed by atoms with van der Waals surface area (Å²) >= 11 is 7.48. The molecule has 1 atom stereocenters. The van der Waals surface area contributed by atoms with Crippen molar-refractivity contribution >= 4 is 28.6 Å². The van der Waals surface area contributed by atoms with Gasteiger partial charge in [0.1, 0.15) is 11.1 Å². The average Bonchev–Trinajstić information content (AvgIpc) is 2.63. The van der Waals surface area contributed by atoms with Gasteiger partial charge in [-0.1, -0.05) is 11.6 Å². The monoisotopic (exact) mass is 233 g/mol. The van der Waals surface area contributed by atoms with Crippen LogP contribution < -0.4 is 5.32 Å². The summed E-state index contributed by atoms with van der Waals surface area (Å²) in [5.41, 5.74) is 0.992. The van der Waals surface area contributed by atoms with E-state index in [1.54, 1.807) is 0 Å². The molecule has 1 unspecified atom stereocenters. The molecule has 0 amide bonds. The summed E-state index contributed by atoms with van der Waals surface area (Å²) in [6, 6.07) is 1.98. The number of hydrogen-bond acceptors (Lipinski definition) is 4. The van der Waals surface area contributed by atoms with Crippen LogP contribution in [-0.2, 0) is 9.47 Å². The second-order valence-electron chi connectivity index (χ2n) is 3.09. The first-order valence-corrected chi connectivity index (χ1v) is 5.78. The number of halogens is 1. The zero-order chi connectivity index (χ0) is 9.80. The van der Waals surface area contributed by atoms with Crippen LogP contribution in [-0.4, -0.2) is 26.0 Å². The third-order valence-corrected chi connectivity index (χ3v) is 3.28. The van der Waals surface area contributed by atoms with Crippen LogP contribution in [0.1, 0.15) is 6.42 Å². The van der Waals surface area contributed by atoms with E-state index in [4.69, 9.17) is 21.1 Å². The van der Waals surface area contributed by atoms with E-state index in [9.17, 15) is 0 Å². The fourth-order valence-corrected chi connectivity index (χ4v) is 2.18. The van der Waals surface area contributed by atoms with E-state index in [1.807, 2.05) is 11.4 Å². The first-order valence-electron chi connectivity index (χ1n) is 4.52. The highest BCUT2D eigenvalue weighted by Crippen LogP contribution is 2.27. The molecule has 3 nitrogen and oxygen atoms in total. The number of ether oxygens (including phenoxy) is 2. The van der Waals surface area contributed by atoms with Crippen molar-refractivity contribution in [3.8, 4) is 0 Å². The molecule has 0 saturated carbocycles. The largest absolute Gasteiger partial charge is 0.381 e. The van der Waals surface area contributed by atoms with Crippen LogP contribution in [0.25, 0.3) is 0 Å². The minimum Gasteiger partial charge on any atom is -0.381 e. The summed E-state index contributed by atoms with van der Waals surface area (Å²) in [5, 5.41) is 5.23. The van der Waals surface area contributed by atoms with Crippen molar-refractivity contribution in [1.82, 2.24) is 0 Å². The molecule has 0 aromatic carbocycles. The fraction of sp³-hybridized carbons (Fsp3) is 0.556. The van der Waals surface area contributed by atoms with Crippen LogP contribution in [0.2, 0.25) is 4.34 Å². The Morgan fingerprint density at radius 3 is 3.21 bits per heavy atom. The van der Waals surface area contributed by atoms with Gasteiger partial charge in [0.05, 0.1) is 18.4 Å². The number of rotatable bonds is 3. The smallest absolute Gasteiger partial charge is 0.147 e. The maximum absolute atomic E-state index is 5.95. The molecule has 14 heavy (non-hydrogen) atoms. The molecule has 78 valence electrons. The summed E-state index contributed by atoms with van der Waals surface area (Å²) in [6.45, 7) is 1.98. The van der Waals surface area contributed by atoms with Gasteiger partial charge in [0.25, 0.3) is 0 Å². The molecule has 1 aromatic heterocycles. The van der Waals surface area contributed by atoms with E-state index in [0.29, 0.717) is 6.79 Å². The Labute approximate surface area is 92.0 Å². The van der Waals surface area contributed by atoms with E-state index in [-0.39, 0.29) is 6.10 Å². The van der Waals surface area contributed by atoms with Crippen molar-refractivity contribution in [2.45, 2.75) is 12.5 Å². The van der Waals surface area contributed by atoms with Gasteiger partial charge in [0, 0.05) is 6.54 Å². The van der Waals surface area contributed by atoms with Crippen LogP contribution in [0, 0.1) is 0 Å². The predicted octanol–water partition coefficient (Wildman–Crippen LogP) is 2.58. The second kappa shape index (κ2) is 4.98. The molecule has 1 aliphatic heterocycles. The zero-order valence-electron chi connectivity index (χ0n) is 7.66.